The van der Waals surface area contributed by atoms with E-state index in [9.17, 15) is 4.79 Å². The Morgan fingerprint density at radius 1 is 1.10 bits per heavy atom. The summed E-state index contributed by atoms with van der Waals surface area (Å²) < 4.78 is 16.8. The lowest BCUT2D eigenvalue weighted by Gasteiger charge is -2.67. The summed E-state index contributed by atoms with van der Waals surface area (Å²) in [5.74, 6) is 0.204. The highest BCUT2D eigenvalue weighted by Gasteiger charge is 2.67. The van der Waals surface area contributed by atoms with Gasteiger partial charge in [0.05, 0.1) is 12.6 Å². The van der Waals surface area contributed by atoms with Crippen molar-refractivity contribution in [1.82, 2.24) is 4.90 Å². The Bertz CT molecular complexity index is 858. The zero-order chi connectivity index (χ0) is 20.5. The molecule has 4 rings (SSSR count). The van der Waals surface area contributed by atoms with Gasteiger partial charge in [0.2, 0.25) is 0 Å². The molecule has 6 nitrogen and oxygen atoms in total. The number of ether oxygens (including phenoxy) is 3. The average molecular weight is 396 g/mol. The summed E-state index contributed by atoms with van der Waals surface area (Å²) in [6, 6.07) is 17.6. The van der Waals surface area contributed by atoms with E-state index in [2.05, 4.69) is 17.4 Å². The van der Waals surface area contributed by atoms with Crippen LogP contribution in [-0.2, 0) is 9.47 Å². The summed E-state index contributed by atoms with van der Waals surface area (Å²) in [6.45, 7) is 3.20. The third-order valence-corrected chi connectivity index (χ3v) is 6.14. The number of hydrogen-bond donors (Lipinski definition) is 1. The minimum Gasteiger partial charge on any atom is -0.494 e. The summed E-state index contributed by atoms with van der Waals surface area (Å²) in [5, 5.41) is 3.02. The Labute approximate surface area is 171 Å². The van der Waals surface area contributed by atoms with E-state index in [1.165, 1.54) is 0 Å². The second kappa shape index (κ2) is 7.69. The van der Waals surface area contributed by atoms with E-state index in [1.807, 2.05) is 54.3 Å². The van der Waals surface area contributed by atoms with Crippen molar-refractivity contribution in [3.8, 4) is 5.75 Å². The van der Waals surface area contributed by atoms with E-state index >= 15 is 0 Å². The number of nitrogens with zero attached hydrogens (tertiary/aromatic N) is 1. The molecule has 1 unspecified atom stereocenters. The molecule has 1 aliphatic carbocycles. The van der Waals surface area contributed by atoms with E-state index in [0.29, 0.717) is 13.2 Å². The molecule has 1 saturated carbocycles. The maximum Gasteiger partial charge on any atom is 0.322 e. The van der Waals surface area contributed by atoms with Gasteiger partial charge in [0, 0.05) is 50.8 Å². The number of methoxy groups -OCH3 is 2. The van der Waals surface area contributed by atoms with Crippen LogP contribution in [0.5, 0.6) is 5.75 Å². The van der Waals surface area contributed by atoms with Crippen molar-refractivity contribution in [2.24, 2.45) is 5.41 Å². The van der Waals surface area contributed by atoms with Crippen LogP contribution in [-0.4, -0.2) is 44.1 Å². The highest BCUT2D eigenvalue weighted by Crippen LogP contribution is 2.65. The minimum absolute atomic E-state index is 0.00259. The topological polar surface area (TPSA) is 60.0 Å². The molecule has 6 heteroatoms. The van der Waals surface area contributed by atoms with Gasteiger partial charge in [-0.2, -0.15) is 0 Å². The number of carbonyl (C=O) groups excluding carboxylic acids is 1. The molecule has 1 saturated heterocycles. The molecule has 1 N–H and O–H groups in total. The maximum atomic E-state index is 13.1. The van der Waals surface area contributed by atoms with E-state index in [1.54, 1.807) is 14.2 Å². The monoisotopic (exact) mass is 396 g/mol. The molecule has 2 aromatic rings. The first-order chi connectivity index (χ1) is 14.0. The van der Waals surface area contributed by atoms with Crippen LogP contribution < -0.4 is 10.1 Å². The fourth-order valence-corrected chi connectivity index (χ4v) is 4.82. The third kappa shape index (κ3) is 3.47. The molecule has 0 bridgehead atoms. The molecule has 1 aliphatic heterocycles. The van der Waals surface area contributed by atoms with Crippen molar-refractivity contribution in [3.05, 3.63) is 60.2 Å². The molecule has 1 spiro atoms. The molecular formula is C23H28N2O4. The molecule has 0 radical (unpaired) electrons. The summed E-state index contributed by atoms with van der Waals surface area (Å²) in [7, 11) is 3.37. The van der Waals surface area contributed by atoms with E-state index in [0.717, 1.165) is 29.8 Å². The number of benzene rings is 2. The number of urea groups is 1. The molecule has 154 valence electrons. The quantitative estimate of drug-likeness (QED) is 0.733. The van der Waals surface area contributed by atoms with Crippen LogP contribution in [0.1, 0.15) is 31.4 Å². The van der Waals surface area contributed by atoms with Gasteiger partial charge in [-0.05, 0) is 24.6 Å². The predicted molar refractivity (Wildman–Crippen MR) is 111 cm³/mol. The zero-order valence-electron chi connectivity index (χ0n) is 17.2. The lowest BCUT2D eigenvalue weighted by atomic mass is 9.53. The highest BCUT2D eigenvalue weighted by atomic mass is 16.7. The van der Waals surface area contributed by atoms with Crippen molar-refractivity contribution in [2.45, 2.75) is 31.6 Å². The number of likely N-dealkylation sites (tertiary alicyclic amines) is 1. The van der Waals surface area contributed by atoms with Crippen molar-refractivity contribution in [2.75, 3.05) is 32.7 Å². The Balaban J connectivity index is 1.53. The normalized spacial score (nSPS) is 21.2. The molecule has 2 amide bonds. The van der Waals surface area contributed by atoms with Crippen LogP contribution >= 0.6 is 0 Å². The van der Waals surface area contributed by atoms with Gasteiger partial charge >= 0.3 is 6.03 Å². The highest BCUT2D eigenvalue weighted by molar-refractivity contribution is 5.90. The van der Waals surface area contributed by atoms with Crippen molar-refractivity contribution in [3.63, 3.8) is 0 Å². The zero-order valence-corrected chi connectivity index (χ0v) is 17.2. The van der Waals surface area contributed by atoms with Gasteiger partial charge in [0.25, 0.3) is 0 Å². The number of rotatable bonds is 6. The van der Waals surface area contributed by atoms with Crippen LogP contribution in [0.15, 0.2) is 54.6 Å². The van der Waals surface area contributed by atoms with E-state index in [-0.39, 0.29) is 17.5 Å². The van der Waals surface area contributed by atoms with Crippen molar-refractivity contribution in [1.29, 1.82) is 0 Å². The number of carbonyl (C=O) groups is 1. The third-order valence-electron chi connectivity index (χ3n) is 6.14. The predicted octanol–water partition coefficient (Wildman–Crippen LogP) is 4.44. The summed E-state index contributed by atoms with van der Waals surface area (Å²) >= 11 is 0. The number of hydrogen-bond acceptors (Lipinski definition) is 4. The van der Waals surface area contributed by atoms with Gasteiger partial charge < -0.3 is 24.4 Å². The van der Waals surface area contributed by atoms with Crippen molar-refractivity contribution >= 4 is 11.7 Å². The minimum atomic E-state index is -0.540. The number of nitrogens with one attached hydrogen (secondary N) is 1. The summed E-state index contributed by atoms with van der Waals surface area (Å²) in [4.78, 5) is 15.0. The van der Waals surface area contributed by atoms with Crippen LogP contribution in [0.2, 0.25) is 0 Å². The molecule has 1 heterocycles. The van der Waals surface area contributed by atoms with Crippen LogP contribution in [0, 0.1) is 5.41 Å². The second-order valence-corrected chi connectivity index (χ2v) is 7.87. The van der Waals surface area contributed by atoms with Gasteiger partial charge in [-0.1, -0.05) is 36.4 Å². The lowest BCUT2D eigenvalue weighted by molar-refractivity contribution is -0.329. The van der Waals surface area contributed by atoms with Gasteiger partial charge in [0.15, 0.2) is 5.79 Å². The first-order valence-electron chi connectivity index (χ1n) is 10.0. The Morgan fingerprint density at radius 3 is 2.48 bits per heavy atom. The molecule has 2 fully saturated rings. The first kappa shape index (κ1) is 19.7. The number of amides is 2. The molecule has 0 aromatic heterocycles. The average Bonchev–Trinajstić information content (AvgIpc) is 2.68. The maximum absolute atomic E-state index is 13.1. The molecule has 2 aromatic carbocycles. The first-order valence-corrected chi connectivity index (χ1v) is 10.0. The number of anilines is 1. The Hall–Kier alpha value is -2.57. The largest absolute Gasteiger partial charge is 0.494 e. The Kier molecular flexibility index (Phi) is 5.23. The van der Waals surface area contributed by atoms with Crippen LogP contribution in [0.3, 0.4) is 0 Å². The second-order valence-electron chi connectivity index (χ2n) is 7.87. The van der Waals surface area contributed by atoms with Crippen molar-refractivity contribution < 1.29 is 19.0 Å². The lowest BCUT2D eigenvalue weighted by Crippen LogP contribution is -2.71. The standard InChI is InChI=1S/C23H28N2O4/c1-4-29-19-12-8-11-18(13-19)24-21(26)25-16-22(14-23(15-22,27-2)28-3)20(25)17-9-6-5-7-10-17/h5-13,20H,4,14-16H2,1-3H3,(H,24,26). The molecule has 1 atom stereocenters. The van der Waals surface area contributed by atoms with Gasteiger partial charge in [-0.3, -0.25) is 0 Å². The van der Waals surface area contributed by atoms with E-state index < -0.39 is 5.79 Å². The smallest absolute Gasteiger partial charge is 0.322 e. The van der Waals surface area contributed by atoms with Gasteiger partial charge in [-0.15, -0.1) is 0 Å². The molecule has 2 aliphatic rings. The van der Waals surface area contributed by atoms with Gasteiger partial charge in [-0.25, -0.2) is 4.79 Å². The Morgan fingerprint density at radius 2 is 1.83 bits per heavy atom. The fourth-order valence-electron chi connectivity index (χ4n) is 4.82. The molecule has 29 heavy (non-hydrogen) atoms. The molecular weight excluding hydrogens is 368 g/mol. The van der Waals surface area contributed by atoms with E-state index in [4.69, 9.17) is 14.2 Å². The van der Waals surface area contributed by atoms with Crippen LogP contribution in [0.4, 0.5) is 10.5 Å². The van der Waals surface area contributed by atoms with Crippen LogP contribution in [0.25, 0.3) is 0 Å². The summed E-state index contributed by atoms with van der Waals surface area (Å²) in [5.41, 5.74) is 1.85. The SMILES string of the molecule is CCOc1cccc(NC(=O)N2CC3(CC(OC)(OC)C3)C2c2ccccc2)c1. The fraction of sp³-hybridized carbons (Fsp3) is 0.435. The van der Waals surface area contributed by atoms with Gasteiger partial charge in [0.1, 0.15) is 5.75 Å². The summed E-state index contributed by atoms with van der Waals surface area (Å²) in [6.07, 6.45) is 1.55.